The summed E-state index contributed by atoms with van der Waals surface area (Å²) in [4.78, 5) is 11.3. The minimum Gasteiger partial charge on any atom is -0.465 e. The second kappa shape index (κ2) is 5.48. The highest BCUT2D eigenvalue weighted by molar-refractivity contribution is 7.90. The van der Waals surface area contributed by atoms with Crippen molar-refractivity contribution in [2.24, 2.45) is 0 Å². The van der Waals surface area contributed by atoms with Crippen molar-refractivity contribution in [3.05, 3.63) is 29.1 Å². The third-order valence-electron chi connectivity index (χ3n) is 2.47. The van der Waals surface area contributed by atoms with Crippen LogP contribution in [0.1, 0.15) is 29.3 Å². The Balaban J connectivity index is 3.50. The fourth-order valence-electron chi connectivity index (χ4n) is 1.67. The summed E-state index contributed by atoms with van der Waals surface area (Å²) in [5.41, 5.74) is 0.0166. The van der Waals surface area contributed by atoms with Crippen LogP contribution in [0, 0.1) is 5.82 Å². The molecule has 0 unspecified atom stereocenters. The van der Waals surface area contributed by atoms with E-state index in [1.807, 2.05) is 6.92 Å². The van der Waals surface area contributed by atoms with Crippen molar-refractivity contribution < 1.29 is 22.3 Å². The van der Waals surface area contributed by atoms with Crippen molar-refractivity contribution in [3.63, 3.8) is 0 Å². The van der Waals surface area contributed by atoms with E-state index in [0.717, 1.165) is 25.5 Å². The standard InChI is InChI=1S/C12H15FO4S/c1-4-5-8-6-10(13)9(12(14)17-2)7-11(8)18(3,15)16/h6-7H,4-5H2,1-3H3. The lowest BCUT2D eigenvalue weighted by atomic mass is 10.1. The summed E-state index contributed by atoms with van der Waals surface area (Å²) in [6.45, 7) is 1.86. The molecule has 0 heterocycles. The van der Waals surface area contributed by atoms with E-state index < -0.39 is 21.6 Å². The Morgan fingerprint density at radius 3 is 2.44 bits per heavy atom. The van der Waals surface area contributed by atoms with Gasteiger partial charge >= 0.3 is 5.97 Å². The molecular formula is C12H15FO4S. The van der Waals surface area contributed by atoms with Crippen LogP contribution in [-0.2, 0) is 21.0 Å². The number of ether oxygens (including phenoxy) is 1. The lowest BCUT2D eigenvalue weighted by Crippen LogP contribution is -2.10. The highest BCUT2D eigenvalue weighted by atomic mass is 32.2. The van der Waals surface area contributed by atoms with Gasteiger partial charge < -0.3 is 4.74 Å². The molecule has 0 amide bonds. The van der Waals surface area contributed by atoms with E-state index in [-0.39, 0.29) is 10.5 Å². The first-order valence-electron chi connectivity index (χ1n) is 5.42. The lowest BCUT2D eigenvalue weighted by Gasteiger charge is -2.10. The van der Waals surface area contributed by atoms with Crippen molar-refractivity contribution >= 4 is 15.8 Å². The molecule has 0 atom stereocenters. The molecule has 0 aliphatic carbocycles. The summed E-state index contributed by atoms with van der Waals surface area (Å²) in [6, 6.07) is 2.13. The Bertz CT molecular complexity index is 564. The van der Waals surface area contributed by atoms with Gasteiger partial charge in [0.1, 0.15) is 5.82 Å². The molecule has 0 N–H and O–H groups in total. The first-order valence-corrected chi connectivity index (χ1v) is 7.31. The molecule has 0 saturated carbocycles. The van der Waals surface area contributed by atoms with Crippen LogP contribution in [0.15, 0.2) is 17.0 Å². The molecule has 0 radical (unpaired) electrons. The number of carbonyl (C=O) groups is 1. The maximum atomic E-state index is 13.7. The van der Waals surface area contributed by atoms with Crippen molar-refractivity contribution in [2.45, 2.75) is 24.7 Å². The number of halogens is 1. The molecule has 1 aromatic rings. The number of sulfone groups is 1. The van der Waals surface area contributed by atoms with E-state index in [4.69, 9.17) is 0 Å². The zero-order chi connectivity index (χ0) is 13.9. The smallest absolute Gasteiger partial charge is 0.340 e. The van der Waals surface area contributed by atoms with Gasteiger partial charge in [0, 0.05) is 6.26 Å². The number of aryl methyl sites for hydroxylation is 1. The van der Waals surface area contributed by atoms with E-state index in [9.17, 15) is 17.6 Å². The zero-order valence-corrected chi connectivity index (χ0v) is 11.3. The summed E-state index contributed by atoms with van der Waals surface area (Å²) in [5.74, 6) is -1.65. The van der Waals surface area contributed by atoms with Gasteiger partial charge in [0.15, 0.2) is 9.84 Å². The molecule has 0 fully saturated rings. The predicted octanol–water partition coefficient (Wildman–Crippen LogP) is 1.97. The second-order valence-corrected chi connectivity index (χ2v) is 5.94. The molecule has 4 nitrogen and oxygen atoms in total. The number of esters is 1. The maximum absolute atomic E-state index is 13.7. The normalized spacial score (nSPS) is 11.3. The van der Waals surface area contributed by atoms with E-state index >= 15 is 0 Å². The number of hydrogen-bond donors (Lipinski definition) is 0. The van der Waals surface area contributed by atoms with Crippen LogP contribution in [0.4, 0.5) is 4.39 Å². The Kier molecular flexibility index (Phi) is 4.45. The Morgan fingerprint density at radius 1 is 1.39 bits per heavy atom. The van der Waals surface area contributed by atoms with E-state index in [1.54, 1.807) is 0 Å². The van der Waals surface area contributed by atoms with Crippen molar-refractivity contribution in [2.75, 3.05) is 13.4 Å². The van der Waals surface area contributed by atoms with Crippen molar-refractivity contribution in [3.8, 4) is 0 Å². The monoisotopic (exact) mass is 274 g/mol. The molecule has 18 heavy (non-hydrogen) atoms. The first-order chi connectivity index (χ1) is 8.31. The van der Waals surface area contributed by atoms with E-state index in [1.165, 1.54) is 0 Å². The van der Waals surface area contributed by atoms with Crippen LogP contribution in [0.5, 0.6) is 0 Å². The van der Waals surface area contributed by atoms with E-state index in [2.05, 4.69) is 4.74 Å². The summed E-state index contributed by atoms with van der Waals surface area (Å²) in [7, 11) is -2.40. The SMILES string of the molecule is CCCc1cc(F)c(C(=O)OC)cc1S(C)(=O)=O. The maximum Gasteiger partial charge on any atom is 0.340 e. The fraction of sp³-hybridized carbons (Fsp3) is 0.417. The Hall–Kier alpha value is -1.43. The number of hydrogen-bond acceptors (Lipinski definition) is 4. The molecule has 0 aliphatic rings. The highest BCUT2D eigenvalue weighted by Crippen LogP contribution is 2.22. The number of methoxy groups -OCH3 is 1. The van der Waals surface area contributed by atoms with Crippen LogP contribution in [-0.4, -0.2) is 27.8 Å². The van der Waals surface area contributed by atoms with Crippen LogP contribution in [0.3, 0.4) is 0 Å². The minimum absolute atomic E-state index is 0.0221. The number of carbonyl (C=O) groups excluding carboxylic acids is 1. The van der Waals surface area contributed by atoms with Crippen molar-refractivity contribution in [1.82, 2.24) is 0 Å². The van der Waals surface area contributed by atoms with Gasteiger partial charge in [0.2, 0.25) is 0 Å². The van der Waals surface area contributed by atoms with Crippen LogP contribution in [0.25, 0.3) is 0 Å². The molecule has 1 aromatic carbocycles. The molecule has 0 bridgehead atoms. The molecule has 1 rings (SSSR count). The minimum atomic E-state index is -3.51. The molecule has 0 saturated heterocycles. The molecule has 6 heteroatoms. The quantitative estimate of drug-likeness (QED) is 0.622. The summed E-state index contributed by atoms with van der Waals surface area (Å²) >= 11 is 0. The third-order valence-corrected chi connectivity index (χ3v) is 3.65. The zero-order valence-electron chi connectivity index (χ0n) is 10.5. The predicted molar refractivity (Wildman–Crippen MR) is 64.8 cm³/mol. The van der Waals surface area contributed by atoms with Gasteiger partial charge in [-0.15, -0.1) is 0 Å². The number of benzene rings is 1. The molecular weight excluding hydrogens is 259 g/mol. The third kappa shape index (κ3) is 3.07. The van der Waals surface area contributed by atoms with Gasteiger partial charge in [0.25, 0.3) is 0 Å². The number of rotatable bonds is 4. The average Bonchev–Trinajstić information content (AvgIpc) is 2.27. The van der Waals surface area contributed by atoms with Crippen LogP contribution >= 0.6 is 0 Å². The lowest BCUT2D eigenvalue weighted by molar-refractivity contribution is 0.0595. The van der Waals surface area contributed by atoms with Gasteiger partial charge in [0.05, 0.1) is 17.6 Å². The van der Waals surface area contributed by atoms with Crippen LogP contribution in [0.2, 0.25) is 0 Å². The van der Waals surface area contributed by atoms with Gasteiger partial charge in [-0.25, -0.2) is 17.6 Å². The second-order valence-electron chi connectivity index (χ2n) is 3.95. The van der Waals surface area contributed by atoms with Gasteiger partial charge in [-0.3, -0.25) is 0 Å². The molecule has 0 spiro atoms. The van der Waals surface area contributed by atoms with Crippen molar-refractivity contribution in [1.29, 1.82) is 0 Å². The highest BCUT2D eigenvalue weighted by Gasteiger charge is 2.20. The van der Waals surface area contributed by atoms with Gasteiger partial charge in [-0.2, -0.15) is 0 Å². The Morgan fingerprint density at radius 2 is 2.00 bits per heavy atom. The van der Waals surface area contributed by atoms with E-state index in [0.29, 0.717) is 18.4 Å². The summed E-state index contributed by atoms with van der Waals surface area (Å²) in [5, 5.41) is 0. The first kappa shape index (κ1) is 14.6. The Labute approximate surface area is 106 Å². The topological polar surface area (TPSA) is 60.4 Å². The van der Waals surface area contributed by atoms with Gasteiger partial charge in [-0.1, -0.05) is 13.3 Å². The largest absolute Gasteiger partial charge is 0.465 e. The van der Waals surface area contributed by atoms with Gasteiger partial charge in [-0.05, 0) is 24.1 Å². The fourth-order valence-corrected chi connectivity index (χ4v) is 2.64. The summed E-state index contributed by atoms with van der Waals surface area (Å²) < 4.78 is 41.4. The van der Waals surface area contributed by atoms with Crippen LogP contribution < -0.4 is 0 Å². The molecule has 0 aliphatic heterocycles. The average molecular weight is 274 g/mol. The molecule has 0 aromatic heterocycles. The summed E-state index contributed by atoms with van der Waals surface area (Å²) in [6.07, 6.45) is 2.14. The molecule has 100 valence electrons.